The zero-order chi connectivity index (χ0) is 10.6. The summed E-state index contributed by atoms with van der Waals surface area (Å²) in [4.78, 5) is 22.9. The number of Topliss-reactive ketones (excluding diaryl/α,β-unsaturated/α-hetero) is 2. The van der Waals surface area contributed by atoms with E-state index in [-0.39, 0.29) is 17.5 Å². The molecule has 1 aliphatic carbocycles. The molecular weight excluding hydrogens is 176 g/mol. The summed E-state index contributed by atoms with van der Waals surface area (Å²) in [7, 11) is 0. The van der Waals surface area contributed by atoms with Gasteiger partial charge in [0.2, 0.25) is 5.78 Å². The minimum atomic E-state index is -0.185. The van der Waals surface area contributed by atoms with Crippen molar-refractivity contribution in [3.63, 3.8) is 0 Å². The summed E-state index contributed by atoms with van der Waals surface area (Å²) in [5.74, 6) is 0.0208. The summed E-state index contributed by atoms with van der Waals surface area (Å²) in [6.45, 7) is 3.59. The van der Waals surface area contributed by atoms with E-state index >= 15 is 0 Å². The van der Waals surface area contributed by atoms with E-state index in [9.17, 15) is 9.59 Å². The molecule has 0 spiro atoms. The first kappa shape index (κ1) is 11.4. The predicted molar refractivity (Wildman–Crippen MR) is 56.0 cm³/mol. The summed E-state index contributed by atoms with van der Waals surface area (Å²) < 4.78 is 0. The molecule has 14 heavy (non-hydrogen) atoms. The molecule has 0 saturated heterocycles. The molecule has 0 aromatic heterocycles. The number of rotatable bonds is 4. The van der Waals surface area contributed by atoms with Crippen LogP contribution in [0.3, 0.4) is 0 Å². The van der Waals surface area contributed by atoms with Gasteiger partial charge in [-0.2, -0.15) is 0 Å². The number of carbonyl (C=O) groups excluding carboxylic acids is 2. The fourth-order valence-electron chi connectivity index (χ4n) is 2.08. The summed E-state index contributed by atoms with van der Waals surface area (Å²) in [5.41, 5.74) is 0. The Bertz CT molecular complexity index is 212. The summed E-state index contributed by atoms with van der Waals surface area (Å²) in [6.07, 6.45) is 6.52. The van der Waals surface area contributed by atoms with Crippen LogP contribution in [0.4, 0.5) is 0 Å². The largest absolute Gasteiger partial charge is 0.291 e. The van der Waals surface area contributed by atoms with E-state index in [1.54, 1.807) is 13.8 Å². The van der Waals surface area contributed by atoms with E-state index in [0.717, 1.165) is 12.8 Å². The fraction of sp³-hybridized carbons (Fsp3) is 0.833. The third-order valence-electron chi connectivity index (χ3n) is 3.00. The van der Waals surface area contributed by atoms with Crippen molar-refractivity contribution in [3.8, 4) is 0 Å². The second-order valence-corrected chi connectivity index (χ2v) is 4.65. The molecule has 0 atom stereocenters. The molecule has 0 unspecified atom stereocenters. The summed E-state index contributed by atoms with van der Waals surface area (Å²) in [5, 5.41) is 0. The Labute approximate surface area is 86.1 Å². The number of hydrogen-bond acceptors (Lipinski definition) is 2. The molecule has 0 amide bonds. The Morgan fingerprint density at radius 3 is 2.21 bits per heavy atom. The van der Waals surface area contributed by atoms with E-state index in [1.807, 2.05) is 0 Å². The van der Waals surface area contributed by atoms with Gasteiger partial charge in [0.05, 0.1) is 0 Å². The van der Waals surface area contributed by atoms with Crippen LogP contribution in [0.1, 0.15) is 52.4 Å². The van der Waals surface area contributed by atoms with Crippen molar-refractivity contribution in [3.05, 3.63) is 0 Å². The highest BCUT2D eigenvalue weighted by Gasteiger charge is 2.22. The molecule has 0 aliphatic heterocycles. The minimum absolute atomic E-state index is 0.133. The van der Waals surface area contributed by atoms with Crippen molar-refractivity contribution in [2.45, 2.75) is 52.4 Å². The second kappa shape index (κ2) is 5.28. The average Bonchev–Trinajstić information content (AvgIpc) is 2.18. The molecule has 0 N–H and O–H groups in total. The molecule has 0 bridgehead atoms. The smallest absolute Gasteiger partial charge is 0.200 e. The first-order valence-electron chi connectivity index (χ1n) is 5.68. The maximum absolute atomic E-state index is 11.5. The predicted octanol–water partition coefficient (Wildman–Crippen LogP) is 2.75. The van der Waals surface area contributed by atoms with Crippen LogP contribution in [0.5, 0.6) is 0 Å². The van der Waals surface area contributed by atoms with Gasteiger partial charge in [-0.25, -0.2) is 0 Å². The first-order valence-corrected chi connectivity index (χ1v) is 5.68. The maximum atomic E-state index is 11.5. The topological polar surface area (TPSA) is 34.1 Å². The average molecular weight is 196 g/mol. The van der Waals surface area contributed by atoms with Gasteiger partial charge in [-0.1, -0.05) is 46.0 Å². The molecule has 0 aromatic rings. The van der Waals surface area contributed by atoms with Gasteiger partial charge >= 0.3 is 0 Å². The highest BCUT2D eigenvalue weighted by molar-refractivity contribution is 6.37. The normalized spacial score (nSPS) is 18.5. The number of hydrogen-bond donors (Lipinski definition) is 0. The number of carbonyl (C=O) groups is 2. The zero-order valence-corrected chi connectivity index (χ0v) is 9.21. The van der Waals surface area contributed by atoms with Crippen LogP contribution in [0.2, 0.25) is 0 Å². The molecule has 0 heterocycles. The van der Waals surface area contributed by atoms with Crippen LogP contribution in [0.15, 0.2) is 0 Å². The molecule has 1 fully saturated rings. The molecule has 2 heteroatoms. The third kappa shape index (κ3) is 3.24. The van der Waals surface area contributed by atoms with Gasteiger partial charge in [0.25, 0.3) is 0 Å². The van der Waals surface area contributed by atoms with E-state index in [1.165, 1.54) is 19.3 Å². The van der Waals surface area contributed by atoms with E-state index < -0.39 is 0 Å². The highest BCUT2D eigenvalue weighted by Crippen LogP contribution is 2.26. The summed E-state index contributed by atoms with van der Waals surface area (Å²) in [6, 6.07) is 0. The monoisotopic (exact) mass is 196 g/mol. The fourth-order valence-corrected chi connectivity index (χ4v) is 2.08. The van der Waals surface area contributed by atoms with Crippen molar-refractivity contribution in [1.82, 2.24) is 0 Å². The Morgan fingerprint density at radius 1 is 1.14 bits per heavy atom. The van der Waals surface area contributed by atoms with Gasteiger partial charge in [-0.3, -0.25) is 9.59 Å². The van der Waals surface area contributed by atoms with Crippen molar-refractivity contribution in [1.29, 1.82) is 0 Å². The van der Waals surface area contributed by atoms with E-state index in [0.29, 0.717) is 12.3 Å². The number of ketones is 2. The molecule has 0 aromatic carbocycles. The standard InChI is InChI=1S/C12H20O2/c1-9(2)12(14)11(13)8-10-6-4-3-5-7-10/h9-10H,3-8H2,1-2H3. The SMILES string of the molecule is CC(C)C(=O)C(=O)CC1CCCCC1. The van der Waals surface area contributed by atoms with Gasteiger partial charge < -0.3 is 0 Å². The van der Waals surface area contributed by atoms with Crippen molar-refractivity contribution in [2.24, 2.45) is 11.8 Å². The Balaban J connectivity index is 2.35. The molecule has 1 saturated carbocycles. The Morgan fingerprint density at radius 2 is 1.71 bits per heavy atom. The molecule has 2 nitrogen and oxygen atoms in total. The molecular formula is C12H20O2. The minimum Gasteiger partial charge on any atom is -0.291 e. The van der Waals surface area contributed by atoms with Crippen molar-refractivity contribution < 1.29 is 9.59 Å². The van der Waals surface area contributed by atoms with Gasteiger partial charge in [-0.05, 0) is 5.92 Å². The van der Waals surface area contributed by atoms with Crippen LogP contribution in [-0.2, 0) is 9.59 Å². The van der Waals surface area contributed by atoms with Crippen molar-refractivity contribution in [2.75, 3.05) is 0 Å². The quantitative estimate of drug-likeness (QED) is 0.648. The van der Waals surface area contributed by atoms with E-state index in [4.69, 9.17) is 0 Å². The zero-order valence-electron chi connectivity index (χ0n) is 9.21. The second-order valence-electron chi connectivity index (χ2n) is 4.65. The van der Waals surface area contributed by atoms with Crippen molar-refractivity contribution >= 4 is 11.6 Å². The van der Waals surface area contributed by atoms with Gasteiger partial charge in [0.1, 0.15) is 0 Å². The van der Waals surface area contributed by atoms with Crippen LogP contribution >= 0.6 is 0 Å². The lowest BCUT2D eigenvalue weighted by Crippen LogP contribution is -2.23. The Hall–Kier alpha value is -0.660. The molecule has 0 radical (unpaired) electrons. The van der Waals surface area contributed by atoms with Gasteiger partial charge in [0.15, 0.2) is 5.78 Å². The third-order valence-corrected chi connectivity index (χ3v) is 3.00. The maximum Gasteiger partial charge on any atom is 0.200 e. The lowest BCUT2D eigenvalue weighted by atomic mass is 9.84. The van der Waals surface area contributed by atoms with Gasteiger partial charge in [0, 0.05) is 12.3 Å². The Kier molecular flexibility index (Phi) is 4.30. The molecule has 1 aliphatic rings. The van der Waals surface area contributed by atoms with Gasteiger partial charge in [-0.15, -0.1) is 0 Å². The van der Waals surface area contributed by atoms with Crippen LogP contribution in [-0.4, -0.2) is 11.6 Å². The molecule has 1 rings (SSSR count). The van der Waals surface area contributed by atoms with E-state index in [2.05, 4.69) is 0 Å². The van der Waals surface area contributed by atoms with Crippen LogP contribution in [0.25, 0.3) is 0 Å². The van der Waals surface area contributed by atoms with Crippen LogP contribution < -0.4 is 0 Å². The summed E-state index contributed by atoms with van der Waals surface area (Å²) >= 11 is 0. The molecule has 80 valence electrons. The highest BCUT2D eigenvalue weighted by atomic mass is 16.2. The van der Waals surface area contributed by atoms with Crippen LogP contribution in [0, 0.1) is 11.8 Å². The lowest BCUT2D eigenvalue weighted by molar-refractivity contribution is -0.139. The lowest BCUT2D eigenvalue weighted by Gasteiger charge is -2.20. The first-order chi connectivity index (χ1) is 6.61.